The molecule has 0 bridgehead atoms. The Balaban J connectivity index is 1.96. The van der Waals surface area contributed by atoms with E-state index in [9.17, 15) is 9.18 Å². The quantitative estimate of drug-likeness (QED) is 0.703. The number of halogens is 1. The smallest absolute Gasteiger partial charge is 0.234 e. The number of ether oxygens (including phenoxy) is 1. The van der Waals surface area contributed by atoms with E-state index in [4.69, 9.17) is 4.74 Å². The van der Waals surface area contributed by atoms with E-state index < -0.39 is 0 Å². The lowest BCUT2D eigenvalue weighted by Crippen LogP contribution is -2.15. The number of nitrogens with zero attached hydrogens (tertiary/aromatic N) is 3. The molecule has 0 spiro atoms. The maximum absolute atomic E-state index is 13.1. The van der Waals surface area contributed by atoms with Gasteiger partial charge >= 0.3 is 0 Å². The van der Waals surface area contributed by atoms with E-state index in [-0.39, 0.29) is 17.5 Å². The third-order valence-electron chi connectivity index (χ3n) is 3.23. The molecule has 8 heteroatoms. The van der Waals surface area contributed by atoms with Gasteiger partial charge < -0.3 is 14.6 Å². The van der Waals surface area contributed by atoms with Crippen LogP contribution in [0.2, 0.25) is 0 Å². The molecule has 2 rings (SSSR count). The van der Waals surface area contributed by atoms with Crippen molar-refractivity contribution in [2.45, 2.75) is 31.5 Å². The molecule has 1 heterocycles. The molecule has 0 aliphatic heterocycles. The Morgan fingerprint density at radius 3 is 2.96 bits per heavy atom. The van der Waals surface area contributed by atoms with E-state index >= 15 is 0 Å². The lowest BCUT2D eigenvalue weighted by Gasteiger charge is -2.09. The number of aryl methyl sites for hydroxylation is 1. The SMILES string of the molecule is CCCc1nnc(SCC(=O)Nc2cccc(F)c2)n1CCOC. The van der Waals surface area contributed by atoms with Crippen LogP contribution in [0.4, 0.5) is 10.1 Å². The van der Waals surface area contributed by atoms with Gasteiger partial charge in [-0.2, -0.15) is 0 Å². The third-order valence-corrected chi connectivity index (χ3v) is 4.19. The molecule has 130 valence electrons. The largest absolute Gasteiger partial charge is 0.383 e. The Labute approximate surface area is 144 Å². The molecule has 0 radical (unpaired) electrons. The zero-order chi connectivity index (χ0) is 17.4. The van der Waals surface area contributed by atoms with Gasteiger partial charge in [0.2, 0.25) is 5.91 Å². The minimum atomic E-state index is -0.385. The van der Waals surface area contributed by atoms with Crippen molar-refractivity contribution in [1.82, 2.24) is 14.8 Å². The predicted octanol–water partition coefficient (Wildman–Crippen LogP) is 2.75. The number of thioether (sulfide) groups is 1. The second kappa shape index (κ2) is 9.39. The van der Waals surface area contributed by atoms with Crippen LogP contribution >= 0.6 is 11.8 Å². The van der Waals surface area contributed by atoms with Crippen molar-refractivity contribution < 1.29 is 13.9 Å². The predicted molar refractivity (Wildman–Crippen MR) is 91.6 cm³/mol. The number of amides is 1. The Morgan fingerprint density at radius 2 is 2.25 bits per heavy atom. The van der Waals surface area contributed by atoms with Crippen LogP contribution < -0.4 is 5.32 Å². The number of rotatable bonds is 9. The summed E-state index contributed by atoms with van der Waals surface area (Å²) in [5.74, 6) is 0.462. The van der Waals surface area contributed by atoms with E-state index in [1.165, 1.54) is 23.9 Å². The third kappa shape index (κ3) is 5.31. The molecule has 1 aromatic heterocycles. The van der Waals surface area contributed by atoms with Crippen molar-refractivity contribution in [1.29, 1.82) is 0 Å². The first-order valence-corrected chi connectivity index (χ1v) is 8.71. The zero-order valence-corrected chi connectivity index (χ0v) is 14.6. The van der Waals surface area contributed by atoms with Crippen molar-refractivity contribution in [3.8, 4) is 0 Å². The van der Waals surface area contributed by atoms with Crippen molar-refractivity contribution in [3.63, 3.8) is 0 Å². The Kier molecular flexibility index (Phi) is 7.20. The minimum absolute atomic E-state index is 0.174. The summed E-state index contributed by atoms with van der Waals surface area (Å²) in [4.78, 5) is 12.0. The van der Waals surface area contributed by atoms with Crippen LogP contribution in [-0.4, -0.2) is 40.1 Å². The van der Waals surface area contributed by atoms with Gasteiger partial charge in [-0.1, -0.05) is 24.8 Å². The molecule has 0 fully saturated rings. The van der Waals surface area contributed by atoms with Crippen LogP contribution in [0.5, 0.6) is 0 Å². The fraction of sp³-hybridized carbons (Fsp3) is 0.438. The summed E-state index contributed by atoms with van der Waals surface area (Å²) < 4.78 is 20.2. The number of methoxy groups -OCH3 is 1. The molecule has 0 aliphatic carbocycles. The topological polar surface area (TPSA) is 69.0 Å². The van der Waals surface area contributed by atoms with E-state index in [0.29, 0.717) is 24.0 Å². The summed E-state index contributed by atoms with van der Waals surface area (Å²) >= 11 is 1.30. The molecule has 24 heavy (non-hydrogen) atoms. The van der Waals surface area contributed by atoms with Crippen LogP contribution in [-0.2, 0) is 22.5 Å². The van der Waals surface area contributed by atoms with Gasteiger partial charge in [0, 0.05) is 25.8 Å². The average Bonchev–Trinajstić information content (AvgIpc) is 2.93. The van der Waals surface area contributed by atoms with Gasteiger partial charge in [0.15, 0.2) is 5.16 Å². The second-order valence-electron chi connectivity index (χ2n) is 5.14. The molecule has 0 aliphatic rings. The highest BCUT2D eigenvalue weighted by atomic mass is 32.2. The van der Waals surface area contributed by atoms with E-state index in [2.05, 4.69) is 22.4 Å². The van der Waals surface area contributed by atoms with Crippen molar-refractivity contribution >= 4 is 23.4 Å². The molecular formula is C16H21FN4O2S. The normalized spacial score (nSPS) is 10.8. The van der Waals surface area contributed by atoms with E-state index in [1.54, 1.807) is 19.2 Å². The van der Waals surface area contributed by atoms with Gasteiger partial charge in [-0.05, 0) is 24.6 Å². The molecule has 2 aromatic rings. The highest BCUT2D eigenvalue weighted by molar-refractivity contribution is 7.99. The second-order valence-corrected chi connectivity index (χ2v) is 6.08. The molecule has 0 unspecified atom stereocenters. The van der Waals surface area contributed by atoms with Crippen molar-refractivity contribution in [2.75, 3.05) is 24.8 Å². The van der Waals surface area contributed by atoms with Crippen molar-refractivity contribution in [2.24, 2.45) is 0 Å². The van der Waals surface area contributed by atoms with Crippen molar-refractivity contribution in [3.05, 3.63) is 35.9 Å². The van der Waals surface area contributed by atoms with Gasteiger partial charge in [0.05, 0.1) is 12.4 Å². The molecule has 0 saturated carbocycles. The Morgan fingerprint density at radius 1 is 1.42 bits per heavy atom. The van der Waals surface area contributed by atoms with Crippen LogP contribution in [0.25, 0.3) is 0 Å². The molecular weight excluding hydrogens is 331 g/mol. The standard InChI is InChI=1S/C16H21FN4O2S/c1-3-5-14-19-20-16(21(14)8-9-23-2)24-11-15(22)18-13-7-4-6-12(17)10-13/h4,6-7,10H,3,5,8-9,11H2,1-2H3,(H,18,22). The fourth-order valence-electron chi connectivity index (χ4n) is 2.13. The number of nitrogens with one attached hydrogen (secondary N) is 1. The maximum atomic E-state index is 13.1. The van der Waals surface area contributed by atoms with E-state index in [1.807, 2.05) is 4.57 Å². The van der Waals surface area contributed by atoms with Crippen LogP contribution in [0.1, 0.15) is 19.2 Å². The molecule has 1 N–H and O–H groups in total. The van der Waals surface area contributed by atoms with Crippen LogP contribution in [0, 0.1) is 5.82 Å². The number of carbonyl (C=O) groups is 1. The molecule has 1 amide bonds. The fourth-order valence-corrected chi connectivity index (χ4v) is 2.92. The average molecular weight is 352 g/mol. The summed E-state index contributed by atoms with van der Waals surface area (Å²) in [7, 11) is 1.64. The molecule has 6 nitrogen and oxygen atoms in total. The Bertz CT molecular complexity index is 678. The number of benzene rings is 1. The monoisotopic (exact) mass is 352 g/mol. The van der Waals surface area contributed by atoms with Gasteiger partial charge in [0.1, 0.15) is 11.6 Å². The lowest BCUT2D eigenvalue weighted by molar-refractivity contribution is -0.113. The Hall–Kier alpha value is -1.93. The molecule has 0 saturated heterocycles. The maximum Gasteiger partial charge on any atom is 0.234 e. The van der Waals surface area contributed by atoms with Gasteiger partial charge in [-0.15, -0.1) is 10.2 Å². The van der Waals surface area contributed by atoms with Gasteiger partial charge in [0.25, 0.3) is 0 Å². The summed E-state index contributed by atoms with van der Waals surface area (Å²) in [6.07, 6.45) is 1.79. The molecule has 0 atom stereocenters. The van der Waals surface area contributed by atoms with Crippen LogP contribution in [0.3, 0.4) is 0 Å². The number of carbonyl (C=O) groups excluding carboxylic acids is 1. The molecule has 1 aromatic carbocycles. The van der Waals surface area contributed by atoms with E-state index in [0.717, 1.165) is 18.7 Å². The first-order chi connectivity index (χ1) is 11.6. The first-order valence-electron chi connectivity index (χ1n) is 7.73. The van der Waals surface area contributed by atoms with Crippen LogP contribution in [0.15, 0.2) is 29.4 Å². The first kappa shape index (κ1) is 18.4. The lowest BCUT2D eigenvalue weighted by atomic mass is 10.3. The highest BCUT2D eigenvalue weighted by Crippen LogP contribution is 2.18. The van der Waals surface area contributed by atoms with Gasteiger partial charge in [-0.3, -0.25) is 4.79 Å². The summed E-state index contributed by atoms with van der Waals surface area (Å²) in [6, 6.07) is 5.81. The number of hydrogen-bond acceptors (Lipinski definition) is 5. The number of aromatic nitrogens is 3. The van der Waals surface area contributed by atoms with Gasteiger partial charge in [-0.25, -0.2) is 4.39 Å². The summed E-state index contributed by atoms with van der Waals surface area (Å²) in [5.41, 5.74) is 0.438. The minimum Gasteiger partial charge on any atom is -0.383 e. The number of anilines is 1. The zero-order valence-electron chi connectivity index (χ0n) is 13.8. The summed E-state index contributed by atoms with van der Waals surface area (Å²) in [6.45, 7) is 3.28. The summed E-state index contributed by atoms with van der Waals surface area (Å²) in [5, 5.41) is 11.7. The highest BCUT2D eigenvalue weighted by Gasteiger charge is 2.13. The number of hydrogen-bond donors (Lipinski definition) is 1.